The normalized spacial score (nSPS) is 20.1. The van der Waals surface area contributed by atoms with Crippen LogP contribution in [0.25, 0.3) is 0 Å². The second-order valence-electron chi connectivity index (χ2n) is 8.43. The number of hydrogen-bond acceptors (Lipinski definition) is 4. The molecule has 1 atom stereocenters. The Morgan fingerprint density at radius 1 is 1.23 bits per heavy atom. The van der Waals surface area contributed by atoms with Gasteiger partial charge in [-0.2, -0.15) is 0 Å². The van der Waals surface area contributed by atoms with Crippen molar-refractivity contribution in [2.75, 3.05) is 25.0 Å². The Labute approximate surface area is 176 Å². The molecule has 0 unspecified atom stereocenters. The van der Waals surface area contributed by atoms with Crippen LogP contribution in [-0.2, 0) is 21.7 Å². The zero-order valence-electron chi connectivity index (χ0n) is 17.5. The van der Waals surface area contributed by atoms with E-state index in [1.165, 1.54) is 0 Å². The molecule has 0 aliphatic carbocycles. The first kappa shape index (κ1) is 20.4. The van der Waals surface area contributed by atoms with Gasteiger partial charge in [0, 0.05) is 50.6 Å². The van der Waals surface area contributed by atoms with Crippen molar-refractivity contribution in [1.29, 1.82) is 0 Å². The van der Waals surface area contributed by atoms with Crippen molar-refractivity contribution in [3.63, 3.8) is 0 Å². The Balaban J connectivity index is 1.44. The topological polar surface area (TPSA) is 88.5 Å². The van der Waals surface area contributed by atoms with Gasteiger partial charge in [-0.15, -0.1) is 0 Å². The van der Waals surface area contributed by atoms with Crippen molar-refractivity contribution in [1.82, 2.24) is 19.8 Å². The Morgan fingerprint density at radius 3 is 2.67 bits per heavy atom. The lowest BCUT2D eigenvalue weighted by Gasteiger charge is -2.45. The highest BCUT2D eigenvalue weighted by Gasteiger charge is 2.47. The smallest absolute Gasteiger partial charge is 0.321 e. The first-order valence-corrected chi connectivity index (χ1v) is 10.5. The summed E-state index contributed by atoms with van der Waals surface area (Å²) in [5, 5.41) is 5.91. The number of para-hydroxylation sites is 1. The number of benzene rings is 1. The molecule has 2 aromatic rings. The van der Waals surface area contributed by atoms with Gasteiger partial charge in [0.05, 0.1) is 6.54 Å². The number of fused-ring (bicyclic) bond motifs is 2. The quantitative estimate of drug-likeness (QED) is 0.809. The van der Waals surface area contributed by atoms with Crippen LogP contribution < -0.4 is 10.6 Å². The number of piperidine rings is 1. The summed E-state index contributed by atoms with van der Waals surface area (Å²) in [6.07, 6.45) is 4.29. The Bertz CT molecular complexity index is 887. The third-order valence-electron chi connectivity index (χ3n) is 5.71. The maximum absolute atomic E-state index is 12.7. The van der Waals surface area contributed by atoms with Crippen molar-refractivity contribution in [2.24, 2.45) is 5.92 Å². The second kappa shape index (κ2) is 8.47. The fraction of sp³-hybridized carbons (Fsp3) is 0.500. The van der Waals surface area contributed by atoms with Crippen molar-refractivity contribution < 1.29 is 14.3 Å². The summed E-state index contributed by atoms with van der Waals surface area (Å²) in [5.74, 6) is 1.13. The number of hydrogen-bond donors (Lipinski definition) is 2. The predicted molar refractivity (Wildman–Crippen MR) is 113 cm³/mol. The van der Waals surface area contributed by atoms with Gasteiger partial charge in [0.1, 0.15) is 11.4 Å². The highest BCUT2D eigenvalue weighted by molar-refractivity contribution is 5.89. The molecule has 1 aromatic carbocycles. The lowest BCUT2D eigenvalue weighted by molar-refractivity contribution is -0.171. The Morgan fingerprint density at radius 2 is 1.97 bits per heavy atom. The van der Waals surface area contributed by atoms with E-state index in [0.717, 1.165) is 11.5 Å². The molecular weight excluding hydrogens is 382 g/mol. The number of anilines is 1. The number of urea groups is 1. The number of nitrogens with zero attached hydrogens (tertiary/aromatic N) is 3. The van der Waals surface area contributed by atoms with Gasteiger partial charge >= 0.3 is 6.03 Å². The largest absolute Gasteiger partial charge is 0.354 e. The van der Waals surface area contributed by atoms with Gasteiger partial charge in [-0.25, -0.2) is 9.78 Å². The monoisotopic (exact) mass is 411 g/mol. The van der Waals surface area contributed by atoms with E-state index in [1.807, 2.05) is 41.1 Å². The molecule has 30 heavy (non-hydrogen) atoms. The summed E-state index contributed by atoms with van der Waals surface area (Å²) in [6, 6.07) is 9.30. The highest BCUT2D eigenvalue weighted by Crippen LogP contribution is 2.40. The fourth-order valence-corrected chi connectivity index (χ4v) is 4.09. The first-order valence-electron chi connectivity index (χ1n) is 10.5. The molecule has 3 amide bonds. The molecule has 3 heterocycles. The minimum atomic E-state index is -0.648. The van der Waals surface area contributed by atoms with Crippen LogP contribution in [0.5, 0.6) is 0 Å². The van der Waals surface area contributed by atoms with E-state index in [-0.39, 0.29) is 11.9 Å². The number of ether oxygens (including phenoxy) is 1. The van der Waals surface area contributed by atoms with Crippen molar-refractivity contribution in [3.8, 4) is 0 Å². The fourth-order valence-electron chi connectivity index (χ4n) is 4.09. The first-order chi connectivity index (χ1) is 14.5. The summed E-state index contributed by atoms with van der Waals surface area (Å²) in [5.41, 5.74) is 0.125. The molecule has 8 heteroatoms. The summed E-state index contributed by atoms with van der Waals surface area (Å²) in [6.45, 7) is 6.27. The molecule has 2 aliphatic heterocycles. The number of imidazole rings is 1. The zero-order chi connectivity index (χ0) is 21.1. The molecule has 1 aromatic heterocycles. The molecule has 160 valence electrons. The standard InChI is InChI=1S/C22H29N5O3/c1-16(2)14-24-19(28)18-15-27-13-10-23-20(27)22(30-18)8-11-26(12-9-22)21(29)25-17-6-4-3-5-7-17/h3-7,10,13,16,18H,8-9,11-12,14-15H2,1-2H3,(H,24,28)(H,25,29)/t18-/m1/s1. The molecule has 0 radical (unpaired) electrons. The molecule has 1 saturated heterocycles. The maximum atomic E-state index is 12.7. The van der Waals surface area contributed by atoms with Gasteiger partial charge in [-0.1, -0.05) is 32.0 Å². The number of likely N-dealkylation sites (tertiary alicyclic amines) is 1. The van der Waals surface area contributed by atoms with E-state index in [4.69, 9.17) is 4.74 Å². The number of aromatic nitrogens is 2. The molecule has 1 spiro atoms. The van der Waals surface area contributed by atoms with E-state index in [2.05, 4.69) is 29.5 Å². The molecule has 4 rings (SSSR count). The minimum absolute atomic E-state index is 0.0910. The third kappa shape index (κ3) is 4.18. The molecule has 8 nitrogen and oxygen atoms in total. The number of carbonyl (C=O) groups excluding carboxylic acids is 2. The molecular formula is C22H29N5O3. The molecule has 2 aliphatic rings. The van der Waals surface area contributed by atoms with Crippen molar-refractivity contribution in [2.45, 2.75) is 44.9 Å². The predicted octanol–water partition coefficient (Wildman–Crippen LogP) is 2.58. The molecule has 2 N–H and O–H groups in total. The van der Waals surface area contributed by atoms with Gasteiger partial charge in [-0.05, 0) is 18.1 Å². The molecule has 0 bridgehead atoms. The summed E-state index contributed by atoms with van der Waals surface area (Å²) in [7, 11) is 0. The molecule has 1 fully saturated rings. The third-order valence-corrected chi connectivity index (χ3v) is 5.71. The Hall–Kier alpha value is -2.87. The number of nitrogens with one attached hydrogen (secondary N) is 2. The minimum Gasteiger partial charge on any atom is -0.354 e. The maximum Gasteiger partial charge on any atom is 0.321 e. The average molecular weight is 412 g/mol. The van der Waals surface area contributed by atoms with Gasteiger partial charge in [-0.3, -0.25) is 4.79 Å². The summed E-state index contributed by atoms with van der Waals surface area (Å²) >= 11 is 0. The van der Waals surface area contributed by atoms with Crippen LogP contribution >= 0.6 is 0 Å². The number of rotatable bonds is 4. The highest BCUT2D eigenvalue weighted by atomic mass is 16.5. The van der Waals surface area contributed by atoms with Crippen LogP contribution in [0.15, 0.2) is 42.7 Å². The zero-order valence-corrected chi connectivity index (χ0v) is 17.5. The van der Waals surface area contributed by atoms with E-state index in [0.29, 0.717) is 44.9 Å². The number of carbonyl (C=O) groups is 2. The van der Waals surface area contributed by atoms with E-state index < -0.39 is 11.7 Å². The van der Waals surface area contributed by atoms with E-state index in [1.54, 1.807) is 11.1 Å². The van der Waals surface area contributed by atoms with Crippen LogP contribution in [0.4, 0.5) is 10.5 Å². The van der Waals surface area contributed by atoms with Crippen LogP contribution in [0.3, 0.4) is 0 Å². The molecule has 0 saturated carbocycles. The van der Waals surface area contributed by atoms with Crippen molar-refractivity contribution >= 4 is 17.6 Å². The average Bonchev–Trinajstić information content (AvgIpc) is 3.23. The van der Waals surface area contributed by atoms with Crippen LogP contribution in [0.1, 0.15) is 32.5 Å². The van der Waals surface area contributed by atoms with Crippen molar-refractivity contribution in [3.05, 3.63) is 48.5 Å². The van der Waals surface area contributed by atoms with Crippen LogP contribution in [0.2, 0.25) is 0 Å². The van der Waals surface area contributed by atoms with Crippen LogP contribution in [-0.4, -0.2) is 52.1 Å². The SMILES string of the molecule is CC(C)CNC(=O)[C@H]1Cn2ccnc2C2(CCN(C(=O)Nc3ccccc3)CC2)O1. The lowest BCUT2D eigenvalue weighted by atomic mass is 9.88. The summed E-state index contributed by atoms with van der Waals surface area (Å²) < 4.78 is 8.40. The lowest BCUT2D eigenvalue weighted by Crippen LogP contribution is -2.55. The van der Waals surface area contributed by atoms with Gasteiger partial charge in [0.25, 0.3) is 5.91 Å². The van der Waals surface area contributed by atoms with Crippen LogP contribution in [0, 0.1) is 5.92 Å². The number of amides is 3. The van der Waals surface area contributed by atoms with Gasteiger partial charge in [0.2, 0.25) is 0 Å². The van der Waals surface area contributed by atoms with E-state index in [9.17, 15) is 9.59 Å². The summed E-state index contributed by atoms with van der Waals surface area (Å²) in [4.78, 5) is 31.7. The van der Waals surface area contributed by atoms with Gasteiger partial charge in [0.15, 0.2) is 6.10 Å². The second-order valence-corrected chi connectivity index (χ2v) is 8.43. The Kier molecular flexibility index (Phi) is 5.76. The van der Waals surface area contributed by atoms with E-state index >= 15 is 0 Å². The van der Waals surface area contributed by atoms with Gasteiger partial charge < -0.3 is 24.8 Å².